The van der Waals surface area contributed by atoms with E-state index in [9.17, 15) is 20.2 Å². The minimum Gasteiger partial charge on any atom is -0.258 e. The van der Waals surface area contributed by atoms with Gasteiger partial charge in [-0.05, 0) is 36.9 Å². The minimum atomic E-state index is -0.688. The molecule has 0 radical (unpaired) electrons. The second-order valence-electron chi connectivity index (χ2n) is 5.87. The van der Waals surface area contributed by atoms with Crippen LogP contribution in [0.2, 0.25) is 0 Å². The van der Waals surface area contributed by atoms with Gasteiger partial charge in [0.2, 0.25) is 5.16 Å². The van der Waals surface area contributed by atoms with E-state index < -0.39 is 15.5 Å². The van der Waals surface area contributed by atoms with Gasteiger partial charge in [-0.25, -0.2) is 4.68 Å². The molecule has 144 valence electrons. The number of rotatable bonds is 5. The van der Waals surface area contributed by atoms with Crippen molar-refractivity contribution in [3.8, 4) is 5.69 Å². The Bertz CT molecular complexity index is 1260. The molecule has 0 aliphatic rings. The highest BCUT2D eigenvalue weighted by molar-refractivity contribution is 7.99. The maximum Gasteiger partial charge on any atom is 0.290 e. The zero-order valence-electron chi connectivity index (χ0n) is 14.8. The molecule has 4 rings (SSSR count). The van der Waals surface area contributed by atoms with Crippen molar-refractivity contribution in [3.63, 3.8) is 0 Å². The van der Waals surface area contributed by atoms with Crippen LogP contribution in [0.3, 0.4) is 0 Å². The fourth-order valence-electron chi connectivity index (χ4n) is 2.67. The molecule has 12 heteroatoms. The summed E-state index contributed by atoms with van der Waals surface area (Å²) in [5.74, 6) is 0. The maximum absolute atomic E-state index is 11.3. The molecule has 0 fully saturated rings. The Kier molecular flexibility index (Phi) is 4.60. The molecule has 0 atom stereocenters. The summed E-state index contributed by atoms with van der Waals surface area (Å²) in [5.41, 5.74) is 1.62. The van der Waals surface area contributed by atoms with Crippen LogP contribution >= 0.6 is 11.8 Å². The normalized spacial score (nSPS) is 10.9. The highest BCUT2D eigenvalue weighted by atomic mass is 32.2. The maximum atomic E-state index is 11.3. The molecule has 2 heterocycles. The molecule has 0 unspecified atom stereocenters. The average molecular weight is 409 g/mol. The summed E-state index contributed by atoms with van der Waals surface area (Å²) in [6.07, 6.45) is 0. The molecule has 0 saturated carbocycles. The number of benzene rings is 2. The second-order valence-corrected chi connectivity index (χ2v) is 6.88. The lowest BCUT2D eigenvalue weighted by Gasteiger charge is -2.04. The Morgan fingerprint density at radius 1 is 1.00 bits per heavy atom. The van der Waals surface area contributed by atoms with E-state index in [-0.39, 0.29) is 15.7 Å². The molecule has 11 nitrogen and oxygen atoms in total. The molecule has 0 bridgehead atoms. The molecule has 2 aromatic heterocycles. The molecule has 0 amide bonds. The van der Waals surface area contributed by atoms with Gasteiger partial charge in [-0.15, -0.1) is 10.2 Å². The minimum absolute atomic E-state index is 0.159. The number of hydrogen-bond donors (Lipinski definition) is 0. The fourth-order valence-corrected chi connectivity index (χ4v) is 3.45. The summed E-state index contributed by atoms with van der Waals surface area (Å²) in [6.45, 7) is 1.78. The number of aromatic nitrogens is 5. The number of nitrogens with zero attached hydrogens (tertiary/aromatic N) is 7. The zero-order chi connectivity index (χ0) is 20.5. The van der Waals surface area contributed by atoms with Crippen molar-refractivity contribution in [2.24, 2.45) is 0 Å². The largest absolute Gasteiger partial charge is 0.290 e. The molecule has 0 N–H and O–H groups in total. The van der Waals surface area contributed by atoms with E-state index in [1.807, 2.05) is 30.3 Å². The van der Waals surface area contributed by atoms with E-state index in [4.69, 9.17) is 0 Å². The van der Waals surface area contributed by atoms with Crippen LogP contribution < -0.4 is 0 Å². The summed E-state index contributed by atoms with van der Waals surface area (Å²) in [6, 6.07) is 12.7. The van der Waals surface area contributed by atoms with Crippen molar-refractivity contribution in [2.45, 2.75) is 17.0 Å². The van der Waals surface area contributed by atoms with Crippen molar-refractivity contribution in [1.29, 1.82) is 0 Å². The first kappa shape index (κ1) is 18.4. The van der Waals surface area contributed by atoms with E-state index in [0.717, 1.165) is 23.5 Å². The van der Waals surface area contributed by atoms with Gasteiger partial charge < -0.3 is 0 Å². The summed E-state index contributed by atoms with van der Waals surface area (Å²) >= 11 is 0.901. The topological polar surface area (TPSA) is 143 Å². The SMILES string of the molecule is Cc1nn(-c2ccccc2)c2nc(Sc3ccc([N+](=O)[O-])cc3[N+](=O)[O-])nnc12. The van der Waals surface area contributed by atoms with Gasteiger partial charge in [0.05, 0.1) is 32.2 Å². The number of fused-ring (bicyclic) bond motifs is 1. The van der Waals surface area contributed by atoms with Crippen LogP contribution in [0.15, 0.2) is 58.6 Å². The third-order valence-corrected chi connectivity index (χ3v) is 4.91. The third-order valence-electron chi connectivity index (χ3n) is 3.99. The Morgan fingerprint density at radius 3 is 2.45 bits per heavy atom. The summed E-state index contributed by atoms with van der Waals surface area (Å²) in [4.78, 5) is 25.5. The lowest BCUT2D eigenvalue weighted by atomic mass is 10.3. The number of non-ortho nitro benzene ring substituents is 1. The van der Waals surface area contributed by atoms with E-state index in [2.05, 4.69) is 20.3 Å². The Balaban J connectivity index is 1.78. The molecule has 0 saturated heterocycles. The lowest BCUT2D eigenvalue weighted by Crippen LogP contribution is -2.00. The second kappa shape index (κ2) is 7.24. The quantitative estimate of drug-likeness (QED) is 0.357. The average Bonchev–Trinajstić information content (AvgIpc) is 3.04. The fraction of sp³-hybridized carbons (Fsp3) is 0.0588. The molecule has 4 aromatic rings. The summed E-state index contributed by atoms with van der Waals surface area (Å²) in [7, 11) is 0. The smallest absolute Gasteiger partial charge is 0.258 e. The first-order valence-electron chi connectivity index (χ1n) is 8.20. The first-order valence-corrected chi connectivity index (χ1v) is 9.02. The molecular weight excluding hydrogens is 398 g/mol. The molecule has 0 spiro atoms. The van der Waals surface area contributed by atoms with Gasteiger partial charge in [-0.3, -0.25) is 20.2 Å². The Labute approximate surface area is 166 Å². The van der Waals surface area contributed by atoms with Crippen molar-refractivity contribution < 1.29 is 9.85 Å². The predicted molar refractivity (Wildman–Crippen MR) is 103 cm³/mol. The Hall–Kier alpha value is -3.93. The van der Waals surface area contributed by atoms with Crippen molar-refractivity contribution >= 4 is 34.3 Å². The number of nitro benzene ring substituents is 2. The van der Waals surface area contributed by atoms with Crippen LogP contribution in [0, 0.1) is 27.2 Å². The van der Waals surface area contributed by atoms with Gasteiger partial charge >= 0.3 is 0 Å². The molecule has 29 heavy (non-hydrogen) atoms. The van der Waals surface area contributed by atoms with Crippen molar-refractivity contribution in [1.82, 2.24) is 25.0 Å². The first-order chi connectivity index (χ1) is 13.9. The molecule has 2 aromatic carbocycles. The monoisotopic (exact) mass is 409 g/mol. The molecule has 0 aliphatic carbocycles. The van der Waals surface area contributed by atoms with E-state index >= 15 is 0 Å². The highest BCUT2D eigenvalue weighted by Crippen LogP contribution is 2.35. The van der Waals surface area contributed by atoms with Crippen molar-refractivity contribution in [2.75, 3.05) is 0 Å². The van der Waals surface area contributed by atoms with Crippen LogP contribution in [-0.2, 0) is 0 Å². The lowest BCUT2D eigenvalue weighted by molar-refractivity contribution is -0.396. The summed E-state index contributed by atoms with van der Waals surface area (Å²) in [5, 5.41) is 35.0. The van der Waals surface area contributed by atoms with E-state index in [1.165, 1.54) is 12.1 Å². The van der Waals surface area contributed by atoms with Crippen molar-refractivity contribution in [3.05, 3.63) is 74.5 Å². The summed E-state index contributed by atoms with van der Waals surface area (Å²) < 4.78 is 1.62. The molecular formula is C17H11N7O4S. The van der Waals surface area contributed by atoms with E-state index in [1.54, 1.807) is 11.6 Å². The van der Waals surface area contributed by atoms with Gasteiger partial charge in [0, 0.05) is 6.07 Å². The van der Waals surface area contributed by atoms with Gasteiger partial charge in [0.1, 0.15) is 0 Å². The van der Waals surface area contributed by atoms with Crippen LogP contribution in [0.4, 0.5) is 11.4 Å². The number of para-hydroxylation sites is 1. The number of hydrogen-bond acceptors (Lipinski definition) is 9. The molecule has 0 aliphatic heterocycles. The third kappa shape index (κ3) is 3.48. The van der Waals surface area contributed by atoms with Crippen LogP contribution in [0.5, 0.6) is 0 Å². The standard InChI is InChI=1S/C17H11N7O4S/c1-10-15-16(22(21-10)11-5-3-2-4-6-11)18-17(20-19-15)29-14-8-7-12(23(25)26)9-13(14)24(27)28/h2-9H,1H3. The van der Waals surface area contributed by atoms with Crippen LogP contribution in [0.25, 0.3) is 16.9 Å². The van der Waals surface area contributed by atoms with Gasteiger partial charge in [-0.2, -0.15) is 10.1 Å². The number of nitro groups is 2. The van der Waals surface area contributed by atoms with Gasteiger partial charge in [0.15, 0.2) is 11.2 Å². The predicted octanol–water partition coefficient (Wildman–Crippen LogP) is 3.49. The number of aryl methyl sites for hydroxylation is 1. The zero-order valence-corrected chi connectivity index (χ0v) is 15.6. The van der Waals surface area contributed by atoms with Gasteiger partial charge in [-0.1, -0.05) is 18.2 Å². The van der Waals surface area contributed by atoms with Crippen LogP contribution in [0.1, 0.15) is 5.69 Å². The highest BCUT2D eigenvalue weighted by Gasteiger charge is 2.22. The van der Waals surface area contributed by atoms with Gasteiger partial charge in [0.25, 0.3) is 11.4 Å². The van der Waals surface area contributed by atoms with Crippen LogP contribution in [-0.4, -0.2) is 34.8 Å². The van der Waals surface area contributed by atoms with E-state index in [0.29, 0.717) is 16.9 Å². The Morgan fingerprint density at radius 2 is 1.76 bits per heavy atom.